The van der Waals surface area contributed by atoms with E-state index in [0.717, 1.165) is 26.7 Å². The van der Waals surface area contributed by atoms with E-state index in [4.69, 9.17) is 0 Å². The van der Waals surface area contributed by atoms with Crippen LogP contribution >= 0.6 is 23.5 Å². The molecule has 2 aromatic carbocycles. The molecule has 0 aliphatic carbocycles. The van der Waals surface area contributed by atoms with E-state index < -0.39 is 0 Å². The second kappa shape index (κ2) is 8.83. The molecule has 7 heteroatoms. The smallest absolute Gasteiger partial charge is 0.274 e. The van der Waals surface area contributed by atoms with Gasteiger partial charge in [-0.2, -0.15) is 9.61 Å². The summed E-state index contributed by atoms with van der Waals surface area (Å²) in [5, 5.41) is 5.21. The van der Waals surface area contributed by atoms with Gasteiger partial charge < -0.3 is 4.98 Å². The molecule has 3 aromatic heterocycles. The minimum atomic E-state index is -0.145. The standard InChI is InChI=1S/C24H18N4OS2/c29-23-14-18(16-30-22-8-4-5-13-25-22)27-24-21(15-26-28(23)24)17-9-11-20(12-10-17)31-19-6-2-1-3-7-19/h1-15,27H,16H2. The molecule has 0 aliphatic rings. The molecule has 152 valence electrons. The van der Waals surface area contributed by atoms with Gasteiger partial charge in [0.15, 0.2) is 0 Å². The molecule has 3 heterocycles. The van der Waals surface area contributed by atoms with Crippen molar-refractivity contribution in [2.45, 2.75) is 20.6 Å². The van der Waals surface area contributed by atoms with Crippen molar-refractivity contribution in [3.63, 3.8) is 0 Å². The largest absolute Gasteiger partial charge is 0.342 e. The molecule has 0 saturated carbocycles. The Morgan fingerprint density at radius 3 is 2.45 bits per heavy atom. The molecule has 0 aliphatic heterocycles. The molecule has 31 heavy (non-hydrogen) atoms. The third-order valence-electron chi connectivity index (χ3n) is 4.71. The minimum absolute atomic E-state index is 0.145. The summed E-state index contributed by atoms with van der Waals surface area (Å²) >= 11 is 3.30. The lowest BCUT2D eigenvalue weighted by atomic mass is 10.1. The Hall–Kier alpha value is -3.29. The molecule has 1 N–H and O–H groups in total. The molecule has 0 atom stereocenters. The van der Waals surface area contributed by atoms with Crippen LogP contribution in [0.1, 0.15) is 5.69 Å². The Morgan fingerprint density at radius 1 is 0.903 bits per heavy atom. The van der Waals surface area contributed by atoms with Gasteiger partial charge in [-0.25, -0.2) is 4.98 Å². The number of rotatable bonds is 6. The Balaban J connectivity index is 1.42. The maximum absolute atomic E-state index is 12.6. The van der Waals surface area contributed by atoms with Crippen molar-refractivity contribution in [3.8, 4) is 11.1 Å². The highest BCUT2D eigenvalue weighted by Crippen LogP contribution is 2.30. The van der Waals surface area contributed by atoms with Gasteiger partial charge in [-0.1, -0.05) is 48.2 Å². The SMILES string of the molecule is O=c1cc(CSc2ccccn2)[nH]c2c(-c3ccc(Sc4ccccc4)cc3)cnn12. The summed E-state index contributed by atoms with van der Waals surface area (Å²) in [4.78, 5) is 22.6. The molecule has 0 radical (unpaired) electrons. The summed E-state index contributed by atoms with van der Waals surface area (Å²) in [7, 11) is 0. The fourth-order valence-electron chi connectivity index (χ4n) is 3.23. The van der Waals surface area contributed by atoms with E-state index in [1.807, 2.05) is 36.4 Å². The van der Waals surface area contributed by atoms with Crippen LogP contribution in [-0.4, -0.2) is 19.6 Å². The van der Waals surface area contributed by atoms with Gasteiger partial charge >= 0.3 is 0 Å². The van der Waals surface area contributed by atoms with Crippen molar-refractivity contribution in [1.29, 1.82) is 0 Å². The summed E-state index contributed by atoms with van der Waals surface area (Å²) in [6, 6.07) is 26.0. The molecule has 0 spiro atoms. The molecule has 0 amide bonds. The molecule has 5 nitrogen and oxygen atoms in total. The van der Waals surface area contributed by atoms with Crippen molar-refractivity contribution in [3.05, 3.63) is 107 Å². The van der Waals surface area contributed by atoms with Crippen LogP contribution in [0.5, 0.6) is 0 Å². The fraction of sp³-hybridized carbons (Fsp3) is 0.0417. The zero-order chi connectivity index (χ0) is 21.0. The number of aromatic nitrogens is 4. The summed E-state index contributed by atoms with van der Waals surface area (Å²) in [5.41, 5.74) is 3.31. The molecular formula is C24H18N4OS2. The van der Waals surface area contributed by atoms with Crippen molar-refractivity contribution < 1.29 is 0 Å². The lowest BCUT2D eigenvalue weighted by Gasteiger charge is -2.06. The van der Waals surface area contributed by atoms with Crippen LogP contribution in [0.4, 0.5) is 0 Å². The van der Waals surface area contributed by atoms with Gasteiger partial charge in [0.25, 0.3) is 5.56 Å². The lowest BCUT2D eigenvalue weighted by Crippen LogP contribution is -2.15. The highest BCUT2D eigenvalue weighted by Gasteiger charge is 2.11. The topological polar surface area (TPSA) is 63.0 Å². The highest BCUT2D eigenvalue weighted by atomic mass is 32.2. The van der Waals surface area contributed by atoms with E-state index in [9.17, 15) is 4.79 Å². The second-order valence-corrected chi connectivity index (χ2v) is 8.99. The number of hydrogen-bond acceptors (Lipinski definition) is 5. The number of nitrogens with one attached hydrogen (secondary N) is 1. The predicted molar refractivity (Wildman–Crippen MR) is 126 cm³/mol. The van der Waals surface area contributed by atoms with E-state index in [-0.39, 0.29) is 5.56 Å². The lowest BCUT2D eigenvalue weighted by molar-refractivity contribution is 0.888. The summed E-state index contributed by atoms with van der Waals surface area (Å²) < 4.78 is 1.41. The van der Waals surface area contributed by atoms with E-state index in [1.54, 1.807) is 42.0 Å². The average Bonchev–Trinajstić information content (AvgIpc) is 3.24. The maximum Gasteiger partial charge on any atom is 0.274 e. The van der Waals surface area contributed by atoms with Crippen molar-refractivity contribution in [2.75, 3.05) is 0 Å². The molecule has 0 saturated heterocycles. The molecule has 5 aromatic rings. The predicted octanol–water partition coefficient (Wildman–Crippen LogP) is 5.53. The number of nitrogens with zero attached hydrogens (tertiary/aromatic N) is 3. The van der Waals surface area contributed by atoms with E-state index in [1.165, 1.54) is 9.41 Å². The van der Waals surface area contributed by atoms with E-state index in [2.05, 4.69) is 51.5 Å². The van der Waals surface area contributed by atoms with E-state index in [0.29, 0.717) is 11.4 Å². The van der Waals surface area contributed by atoms with Gasteiger partial charge in [0.05, 0.1) is 11.2 Å². The monoisotopic (exact) mass is 442 g/mol. The summed E-state index contributed by atoms with van der Waals surface area (Å²) in [6.45, 7) is 0. The highest BCUT2D eigenvalue weighted by molar-refractivity contribution is 7.99. The first-order valence-corrected chi connectivity index (χ1v) is 11.5. The normalized spacial score (nSPS) is 11.1. The van der Waals surface area contributed by atoms with Crippen LogP contribution in [0.2, 0.25) is 0 Å². The number of thioether (sulfide) groups is 1. The van der Waals surface area contributed by atoms with Gasteiger partial charge in [0.2, 0.25) is 0 Å². The number of aromatic amines is 1. The fourth-order valence-corrected chi connectivity index (χ4v) is 4.84. The van der Waals surface area contributed by atoms with Crippen LogP contribution in [0.3, 0.4) is 0 Å². The van der Waals surface area contributed by atoms with Crippen molar-refractivity contribution >= 4 is 29.2 Å². The Bertz CT molecular complexity index is 1360. The van der Waals surface area contributed by atoms with Gasteiger partial charge in [-0.05, 0) is 42.0 Å². The second-order valence-electron chi connectivity index (χ2n) is 6.85. The van der Waals surface area contributed by atoms with Gasteiger partial charge in [-0.3, -0.25) is 4.79 Å². The zero-order valence-corrected chi connectivity index (χ0v) is 18.1. The van der Waals surface area contributed by atoms with Crippen LogP contribution in [-0.2, 0) is 5.75 Å². The van der Waals surface area contributed by atoms with Gasteiger partial charge in [-0.15, -0.1) is 11.8 Å². The number of pyridine rings is 1. The van der Waals surface area contributed by atoms with Crippen LogP contribution < -0.4 is 5.56 Å². The molecule has 0 unspecified atom stereocenters. The average molecular weight is 443 g/mol. The van der Waals surface area contributed by atoms with Crippen LogP contribution in [0.25, 0.3) is 16.8 Å². The Morgan fingerprint density at radius 2 is 1.68 bits per heavy atom. The van der Waals surface area contributed by atoms with E-state index >= 15 is 0 Å². The Kier molecular flexibility index (Phi) is 5.60. The first-order chi connectivity index (χ1) is 15.3. The minimum Gasteiger partial charge on any atom is -0.342 e. The molecule has 5 rings (SSSR count). The molecular weight excluding hydrogens is 424 g/mol. The van der Waals surface area contributed by atoms with Crippen LogP contribution in [0.15, 0.2) is 111 Å². The zero-order valence-electron chi connectivity index (χ0n) is 16.4. The summed E-state index contributed by atoms with van der Waals surface area (Å²) in [5.74, 6) is 0.625. The Labute approximate surface area is 187 Å². The third kappa shape index (κ3) is 4.42. The van der Waals surface area contributed by atoms with Crippen molar-refractivity contribution in [2.24, 2.45) is 0 Å². The first-order valence-electron chi connectivity index (χ1n) is 9.73. The van der Waals surface area contributed by atoms with Crippen LogP contribution in [0, 0.1) is 0 Å². The van der Waals surface area contributed by atoms with Gasteiger partial charge in [0.1, 0.15) is 5.65 Å². The maximum atomic E-state index is 12.6. The van der Waals surface area contributed by atoms with Crippen molar-refractivity contribution in [1.82, 2.24) is 19.6 Å². The summed E-state index contributed by atoms with van der Waals surface area (Å²) in [6.07, 6.45) is 3.51. The third-order valence-corrected chi connectivity index (χ3v) is 6.72. The van der Waals surface area contributed by atoms with Gasteiger partial charge in [0, 0.05) is 39.1 Å². The number of fused-ring (bicyclic) bond motifs is 1. The number of H-pyrrole nitrogens is 1. The first kappa shape index (κ1) is 19.7. The molecule has 0 bridgehead atoms. The molecule has 0 fully saturated rings. The quantitative estimate of drug-likeness (QED) is 0.351. The number of hydrogen-bond donors (Lipinski definition) is 1. The number of benzene rings is 2.